The van der Waals surface area contributed by atoms with Crippen LogP contribution in [0.4, 0.5) is 0 Å². The first-order valence-corrected chi connectivity index (χ1v) is 6.86. The average Bonchev–Trinajstić information content (AvgIpc) is 2.91. The van der Waals surface area contributed by atoms with E-state index in [1.165, 1.54) is 0 Å². The van der Waals surface area contributed by atoms with Gasteiger partial charge in [-0.25, -0.2) is 5.32 Å². The van der Waals surface area contributed by atoms with Gasteiger partial charge in [-0.3, -0.25) is 0 Å². The number of rotatable bonds is 2. The van der Waals surface area contributed by atoms with Crippen molar-refractivity contribution in [3.63, 3.8) is 0 Å². The lowest BCUT2D eigenvalue weighted by molar-refractivity contribution is -0.210. The van der Waals surface area contributed by atoms with E-state index in [1.807, 2.05) is 24.3 Å². The zero-order valence-corrected chi connectivity index (χ0v) is 11.0. The van der Waals surface area contributed by atoms with Gasteiger partial charge in [0.15, 0.2) is 5.79 Å². The van der Waals surface area contributed by atoms with E-state index < -0.39 is 5.79 Å². The lowest BCUT2D eigenvalue weighted by Gasteiger charge is -2.38. The Bertz CT molecular complexity index is 395. The Morgan fingerprint density at radius 1 is 1.06 bits per heavy atom. The second kappa shape index (κ2) is 5.17. The van der Waals surface area contributed by atoms with E-state index in [4.69, 9.17) is 21.1 Å². The molecule has 2 saturated heterocycles. The number of nitrogens with zero attached hydrogens (tertiary/aromatic N) is 1. The van der Waals surface area contributed by atoms with Crippen molar-refractivity contribution in [2.24, 2.45) is 5.92 Å². The van der Waals surface area contributed by atoms with Gasteiger partial charge in [-0.15, -0.1) is 0 Å². The van der Waals surface area contributed by atoms with Gasteiger partial charge in [0, 0.05) is 29.6 Å². The molecule has 2 heterocycles. The highest BCUT2D eigenvalue weighted by atomic mass is 35.5. The molecule has 0 bridgehead atoms. The molecule has 97 valence electrons. The van der Waals surface area contributed by atoms with Gasteiger partial charge >= 0.3 is 0 Å². The van der Waals surface area contributed by atoms with Crippen molar-refractivity contribution >= 4 is 11.6 Å². The Kier molecular flexibility index (Phi) is 3.57. The molecule has 1 radical (unpaired) electrons. The molecular formula is C14H17ClNO2. The topological polar surface area (TPSA) is 32.6 Å². The molecule has 3 nitrogen and oxygen atoms in total. The molecule has 0 amide bonds. The van der Waals surface area contributed by atoms with Gasteiger partial charge < -0.3 is 9.47 Å². The molecule has 1 aromatic carbocycles. The van der Waals surface area contributed by atoms with Gasteiger partial charge in [0.1, 0.15) is 0 Å². The van der Waals surface area contributed by atoms with Crippen molar-refractivity contribution in [3.8, 4) is 0 Å². The minimum Gasteiger partial charge on any atom is -0.343 e. The minimum atomic E-state index is -0.569. The predicted molar refractivity (Wildman–Crippen MR) is 69.6 cm³/mol. The molecular weight excluding hydrogens is 250 g/mol. The molecule has 2 fully saturated rings. The maximum atomic E-state index is 6.00. The fraction of sp³-hybridized carbons (Fsp3) is 0.571. The van der Waals surface area contributed by atoms with Crippen molar-refractivity contribution in [1.82, 2.24) is 5.32 Å². The molecule has 1 aromatic rings. The Labute approximate surface area is 112 Å². The summed E-state index contributed by atoms with van der Waals surface area (Å²) in [7, 11) is 0. The standard InChI is InChI=1S/C14H17ClNO2/c15-13-3-1-11(2-4-13)14(17-9-10-18-14)12-5-7-16-8-6-12/h1-4,12H,5-10H2. The monoisotopic (exact) mass is 266 g/mol. The minimum absolute atomic E-state index is 0.388. The second-order valence-electron chi connectivity index (χ2n) is 4.82. The third-order valence-electron chi connectivity index (χ3n) is 3.77. The van der Waals surface area contributed by atoms with Gasteiger partial charge in [0.25, 0.3) is 0 Å². The second-order valence-corrected chi connectivity index (χ2v) is 5.25. The number of benzene rings is 1. The van der Waals surface area contributed by atoms with E-state index >= 15 is 0 Å². The fourth-order valence-corrected chi connectivity index (χ4v) is 3.00. The molecule has 0 N–H and O–H groups in total. The number of halogens is 1. The van der Waals surface area contributed by atoms with Crippen molar-refractivity contribution in [2.45, 2.75) is 18.6 Å². The summed E-state index contributed by atoms with van der Waals surface area (Å²) < 4.78 is 12.0. The van der Waals surface area contributed by atoms with Crippen LogP contribution in [0.5, 0.6) is 0 Å². The third-order valence-corrected chi connectivity index (χ3v) is 4.02. The molecule has 2 aliphatic rings. The van der Waals surface area contributed by atoms with Crippen LogP contribution in [0.2, 0.25) is 5.02 Å². The van der Waals surface area contributed by atoms with Crippen LogP contribution < -0.4 is 5.32 Å². The first-order chi connectivity index (χ1) is 8.81. The van der Waals surface area contributed by atoms with Gasteiger partial charge in [-0.05, 0) is 25.0 Å². The number of hydrogen-bond acceptors (Lipinski definition) is 2. The highest BCUT2D eigenvalue weighted by Crippen LogP contribution is 2.42. The van der Waals surface area contributed by atoms with E-state index in [9.17, 15) is 0 Å². The highest BCUT2D eigenvalue weighted by molar-refractivity contribution is 6.30. The largest absolute Gasteiger partial charge is 0.343 e. The average molecular weight is 267 g/mol. The zero-order chi connectivity index (χ0) is 12.4. The molecule has 3 rings (SSSR count). The number of piperidine rings is 1. The molecule has 0 spiro atoms. The van der Waals surface area contributed by atoms with Crippen LogP contribution in [-0.4, -0.2) is 26.3 Å². The molecule has 0 atom stereocenters. The van der Waals surface area contributed by atoms with Crippen LogP contribution in [-0.2, 0) is 15.3 Å². The zero-order valence-electron chi connectivity index (χ0n) is 10.3. The van der Waals surface area contributed by atoms with Gasteiger partial charge in [0.2, 0.25) is 0 Å². The van der Waals surface area contributed by atoms with Crippen LogP contribution in [0.25, 0.3) is 0 Å². The summed E-state index contributed by atoms with van der Waals surface area (Å²) in [5.41, 5.74) is 1.08. The van der Waals surface area contributed by atoms with Gasteiger partial charge in [-0.2, -0.15) is 0 Å². The van der Waals surface area contributed by atoms with E-state index in [0.29, 0.717) is 19.1 Å². The number of hydrogen-bond donors (Lipinski definition) is 0. The van der Waals surface area contributed by atoms with E-state index in [-0.39, 0.29) is 0 Å². The predicted octanol–water partition coefficient (Wildman–Crippen LogP) is 2.55. The molecule has 18 heavy (non-hydrogen) atoms. The third kappa shape index (κ3) is 2.16. The lowest BCUT2D eigenvalue weighted by atomic mass is 9.84. The normalized spacial score (nSPS) is 24.3. The van der Waals surface area contributed by atoms with Crippen molar-refractivity contribution in [2.75, 3.05) is 26.3 Å². The van der Waals surface area contributed by atoms with Crippen molar-refractivity contribution < 1.29 is 9.47 Å². The quantitative estimate of drug-likeness (QED) is 0.824. The van der Waals surface area contributed by atoms with Crippen LogP contribution in [0.1, 0.15) is 18.4 Å². The summed E-state index contributed by atoms with van der Waals surface area (Å²) >= 11 is 5.95. The van der Waals surface area contributed by atoms with Crippen LogP contribution in [0, 0.1) is 5.92 Å². The molecule has 4 heteroatoms. The highest BCUT2D eigenvalue weighted by Gasteiger charge is 2.46. The maximum absolute atomic E-state index is 6.00. The van der Waals surface area contributed by atoms with E-state index in [1.54, 1.807) is 0 Å². The van der Waals surface area contributed by atoms with Crippen LogP contribution in [0.15, 0.2) is 24.3 Å². The fourth-order valence-electron chi connectivity index (χ4n) is 2.88. The van der Waals surface area contributed by atoms with E-state index in [0.717, 1.165) is 36.5 Å². The summed E-state index contributed by atoms with van der Waals surface area (Å²) in [5, 5.41) is 5.15. The summed E-state index contributed by atoms with van der Waals surface area (Å²) in [4.78, 5) is 0. The smallest absolute Gasteiger partial charge is 0.197 e. The molecule has 2 aliphatic heterocycles. The summed E-state index contributed by atoms with van der Waals surface area (Å²) in [6.45, 7) is 3.14. The summed E-state index contributed by atoms with van der Waals surface area (Å²) in [5.74, 6) is -0.181. The van der Waals surface area contributed by atoms with Gasteiger partial charge in [-0.1, -0.05) is 23.7 Å². The Hall–Kier alpha value is -0.610. The molecule has 0 aromatic heterocycles. The van der Waals surface area contributed by atoms with Gasteiger partial charge in [0.05, 0.1) is 13.2 Å². The summed E-state index contributed by atoms with van der Waals surface area (Å²) in [6.07, 6.45) is 2.06. The Morgan fingerprint density at radius 2 is 1.67 bits per heavy atom. The molecule has 0 unspecified atom stereocenters. The van der Waals surface area contributed by atoms with E-state index in [2.05, 4.69) is 5.32 Å². The molecule has 0 saturated carbocycles. The SMILES string of the molecule is Clc1ccc(C2(C3CC[N]CC3)OCCO2)cc1. The summed E-state index contributed by atoms with van der Waals surface area (Å²) in [6, 6.07) is 7.83. The lowest BCUT2D eigenvalue weighted by Crippen LogP contribution is -2.41. The Balaban J connectivity index is 1.92. The Morgan fingerprint density at radius 3 is 2.28 bits per heavy atom. The van der Waals surface area contributed by atoms with Crippen LogP contribution >= 0.6 is 11.6 Å². The van der Waals surface area contributed by atoms with Crippen molar-refractivity contribution in [3.05, 3.63) is 34.9 Å². The molecule has 0 aliphatic carbocycles. The first-order valence-electron chi connectivity index (χ1n) is 6.48. The maximum Gasteiger partial charge on any atom is 0.197 e. The number of ether oxygens (including phenoxy) is 2. The van der Waals surface area contributed by atoms with Crippen LogP contribution in [0.3, 0.4) is 0 Å². The van der Waals surface area contributed by atoms with Crippen molar-refractivity contribution in [1.29, 1.82) is 0 Å². The first kappa shape index (κ1) is 12.4.